The zero-order chi connectivity index (χ0) is 9.78. The number of allylic oxidation sites excluding steroid dienone is 1. The van der Waals surface area contributed by atoms with Gasteiger partial charge >= 0.3 is 0 Å². The van der Waals surface area contributed by atoms with E-state index in [9.17, 15) is 9.59 Å². The highest BCUT2D eigenvalue weighted by Gasteiger charge is 2.21. The van der Waals surface area contributed by atoms with Gasteiger partial charge in [-0.15, -0.1) is 0 Å². The summed E-state index contributed by atoms with van der Waals surface area (Å²) < 4.78 is -0.234. The van der Waals surface area contributed by atoms with E-state index in [1.165, 1.54) is 12.2 Å². The summed E-state index contributed by atoms with van der Waals surface area (Å²) in [5.41, 5.74) is 0. The number of rotatable bonds is 3. The molecule has 0 atom stereocenters. The number of hydrogen-bond donors (Lipinski definition) is 0. The van der Waals surface area contributed by atoms with Crippen molar-refractivity contribution in [3.63, 3.8) is 0 Å². The maximum atomic E-state index is 11.2. The third kappa shape index (κ3) is 3.85. The Bertz CT molecular complexity index is 206. The molecule has 0 saturated heterocycles. The van der Waals surface area contributed by atoms with Crippen LogP contribution in [0.3, 0.4) is 0 Å². The molecule has 0 aliphatic heterocycles. The van der Waals surface area contributed by atoms with Gasteiger partial charge < -0.3 is 4.90 Å². The van der Waals surface area contributed by atoms with Crippen molar-refractivity contribution in [1.82, 2.24) is 4.90 Å². The summed E-state index contributed by atoms with van der Waals surface area (Å²) in [6.45, 7) is 3.83. The number of alkyl halides is 1. The molecule has 0 bridgehead atoms. The van der Waals surface area contributed by atoms with E-state index in [4.69, 9.17) is 0 Å². The maximum Gasteiger partial charge on any atom is 0.247 e. The Hall–Kier alpha value is -0.390. The molecule has 0 aromatic rings. The van der Waals surface area contributed by atoms with Crippen LogP contribution in [0.4, 0.5) is 0 Å². The topological polar surface area (TPSA) is 37.4 Å². The number of aldehydes is 1. The molecular weight excluding hydrogens is 269 g/mol. The van der Waals surface area contributed by atoms with Gasteiger partial charge in [-0.05, 0) is 19.9 Å². The fraction of sp³-hybridized carbons (Fsp3) is 0.500. The van der Waals surface area contributed by atoms with Crippen LogP contribution in [-0.2, 0) is 9.59 Å². The molecule has 0 fully saturated rings. The number of carbonyl (C=O) groups is 2. The van der Waals surface area contributed by atoms with E-state index in [0.29, 0.717) is 6.29 Å². The van der Waals surface area contributed by atoms with E-state index >= 15 is 0 Å². The van der Waals surface area contributed by atoms with Crippen LogP contribution in [0.15, 0.2) is 12.2 Å². The Balaban J connectivity index is 4.30. The van der Waals surface area contributed by atoms with Crippen molar-refractivity contribution in [2.24, 2.45) is 0 Å². The Labute approximate surface area is 85.9 Å². The molecule has 1 amide bonds. The Morgan fingerprint density at radius 1 is 1.50 bits per heavy atom. The van der Waals surface area contributed by atoms with Crippen molar-refractivity contribution in [2.45, 2.75) is 17.4 Å². The molecule has 0 aliphatic carbocycles. The number of hydrogen-bond acceptors (Lipinski definition) is 2. The number of halogens is 1. The van der Waals surface area contributed by atoms with Gasteiger partial charge in [-0.25, -0.2) is 0 Å². The molecule has 0 aliphatic rings. The summed E-state index contributed by atoms with van der Waals surface area (Å²) in [6.07, 6.45) is 3.04. The first-order valence-corrected chi connectivity index (χ1v) is 4.56. The lowest BCUT2D eigenvalue weighted by molar-refractivity contribution is -0.126. The molecule has 0 aromatic carbocycles. The lowest BCUT2D eigenvalue weighted by Crippen LogP contribution is -2.39. The predicted octanol–water partition coefficient (Wildman–Crippen LogP) is 1.37. The first-order chi connectivity index (χ1) is 5.39. The quantitative estimate of drug-likeness (QED) is 0.257. The van der Waals surface area contributed by atoms with Crippen molar-refractivity contribution in [1.29, 1.82) is 0 Å². The highest BCUT2D eigenvalue weighted by Crippen LogP contribution is 2.20. The average molecular weight is 281 g/mol. The molecular formula is C8H12INO2. The second-order valence-corrected chi connectivity index (χ2v) is 5.44. The summed E-state index contributed by atoms with van der Waals surface area (Å²) in [5, 5.41) is 0. The van der Waals surface area contributed by atoms with Gasteiger partial charge in [-0.1, -0.05) is 22.6 Å². The van der Waals surface area contributed by atoms with Crippen molar-refractivity contribution in [2.75, 3.05) is 7.05 Å². The monoisotopic (exact) mass is 281 g/mol. The summed E-state index contributed by atoms with van der Waals surface area (Å²) in [7, 11) is 1.70. The zero-order valence-corrected chi connectivity index (χ0v) is 9.53. The second kappa shape index (κ2) is 4.59. The van der Waals surface area contributed by atoms with Crippen LogP contribution in [0.25, 0.3) is 0 Å². The minimum atomic E-state index is -0.234. The summed E-state index contributed by atoms with van der Waals surface area (Å²) in [6, 6.07) is 0. The molecule has 0 aromatic heterocycles. The standard InChI is InChI=1S/C8H12INO2/c1-8(2,9)10(3)7(12)5-4-6-11/h4-6H,1-3H3/b5-4-. The van der Waals surface area contributed by atoms with Gasteiger partial charge in [-0.3, -0.25) is 9.59 Å². The molecule has 0 rings (SSSR count). The number of nitrogens with zero attached hydrogens (tertiary/aromatic N) is 1. The van der Waals surface area contributed by atoms with Crippen LogP contribution >= 0.6 is 22.6 Å². The van der Waals surface area contributed by atoms with Crippen LogP contribution < -0.4 is 0 Å². The van der Waals surface area contributed by atoms with Crippen LogP contribution in [0.2, 0.25) is 0 Å². The molecule has 0 saturated carbocycles. The highest BCUT2D eigenvalue weighted by molar-refractivity contribution is 14.1. The van der Waals surface area contributed by atoms with Crippen molar-refractivity contribution >= 4 is 34.8 Å². The van der Waals surface area contributed by atoms with Crippen molar-refractivity contribution in [3.8, 4) is 0 Å². The Morgan fingerprint density at radius 2 is 2.00 bits per heavy atom. The SMILES string of the molecule is CN(C(=O)/C=C\C=O)C(C)(C)I. The fourth-order valence-electron chi connectivity index (χ4n) is 0.495. The smallest absolute Gasteiger partial charge is 0.247 e. The van der Waals surface area contributed by atoms with E-state index < -0.39 is 0 Å². The number of carbonyl (C=O) groups excluding carboxylic acids is 2. The minimum absolute atomic E-state index is 0.165. The largest absolute Gasteiger partial charge is 0.328 e. The minimum Gasteiger partial charge on any atom is -0.328 e. The van der Waals surface area contributed by atoms with Crippen molar-refractivity contribution < 1.29 is 9.59 Å². The van der Waals surface area contributed by atoms with Gasteiger partial charge in [0.15, 0.2) is 0 Å². The summed E-state index contributed by atoms with van der Waals surface area (Å²) >= 11 is 2.15. The van der Waals surface area contributed by atoms with Gasteiger partial charge in [0.2, 0.25) is 5.91 Å². The van der Waals surface area contributed by atoms with E-state index in [1.807, 2.05) is 13.8 Å². The molecule has 0 radical (unpaired) electrons. The van der Waals surface area contributed by atoms with Gasteiger partial charge in [0.25, 0.3) is 0 Å². The third-order valence-corrected chi connectivity index (χ3v) is 2.17. The maximum absolute atomic E-state index is 11.2. The van der Waals surface area contributed by atoms with Crippen molar-refractivity contribution in [3.05, 3.63) is 12.2 Å². The summed E-state index contributed by atoms with van der Waals surface area (Å²) in [4.78, 5) is 22.7. The second-order valence-electron chi connectivity index (χ2n) is 2.80. The fourth-order valence-corrected chi connectivity index (χ4v) is 0.733. The molecule has 3 nitrogen and oxygen atoms in total. The Morgan fingerprint density at radius 3 is 2.33 bits per heavy atom. The van der Waals surface area contributed by atoms with Gasteiger partial charge in [-0.2, -0.15) is 0 Å². The molecule has 12 heavy (non-hydrogen) atoms. The first-order valence-electron chi connectivity index (χ1n) is 3.48. The normalized spacial score (nSPS) is 11.7. The van der Waals surface area contributed by atoms with Gasteiger partial charge in [0.1, 0.15) is 6.29 Å². The van der Waals surface area contributed by atoms with E-state index in [2.05, 4.69) is 22.6 Å². The lowest BCUT2D eigenvalue weighted by atomic mass is 10.3. The Kier molecular flexibility index (Phi) is 4.44. The van der Waals surface area contributed by atoms with Crippen LogP contribution in [0, 0.1) is 0 Å². The molecule has 0 unspecified atom stereocenters. The summed E-state index contributed by atoms with van der Waals surface area (Å²) in [5.74, 6) is -0.165. The number of likely N-dealkylation sites (N-methyl/N-ethyl adjacent to an activating group) is 1. The highest BCUT2D eigenvalue weighted by atomic mass is 127. The first kappa shape index (κ1) is 11.6. The molecule has 0 N–H and O–H groups in total. The molecule has 0 heterocycles. The van der Waals surface area contributed by atoms with Crippen LogP contribution in [-0.4, -0.2) is 27.7 Å². The van der Waals surface area contributed by atoms with E-state index in [0.717, 1.165) is 0 Å². The van der Waals surface area contributed by atoms with Gasteiger partial charge in [0.05, 0.1) is 3.55 Å². The third-order valence-electron chi connectivity index (χ3n) is 1.45. The zero-order valence-electron chi connectivity index (χ0n) is 7.37. The van der Waals surface area contributed by atoms with Gasteiger partial charge in [0, 0.05) is 13.1 Å². The predicted molar refractivity (Wildman–Crippen MR) is 56.1 cm³/mol. The number of amides is 1. The molecule has 0 spiro atoms. The van der Waals surface area contributed by atoms with Crippen LogP contribution in [0.5, 0.6) is 0 Å². The lowest BCUT2D eigenvalue weighted by Gasteiger charge is -2.28. The van der Waals surface area contributed by atoms with E-state index in [-0.39, 0.29) is 9.45 Å². The molecule has 4 heteroatoms. The average Bonchev–Trinajstić information content (AvgIpc) is 1.97. The van der Waals surface area contributed by atoms with E-state index in [1.54, 1.807) is 11.9 Å². The van der Waals surface area contributed by atoms with Crippen LogP contribution in [0.1, 0.15) is 13.8 Å². The molecule has 68 valence electrons.